The number of benzene rings is 2. The number of furan rings is 1. The van der Waals surface area contributed by atoms with Crippen molar-refractivity contribution >= 4 is 17.1 Å². The third-order valence-electron chi connectivity index (χ3n) is 4.99. The normalized spacial score (nSPS) is 18.7. The minimum absolute atomic E-state index is 0.0262. The van der Waals surface area contributed by atoms with Gasteiger partial charge in [0.15, 0.2) is 0 Å². The highest BCUT2D eigenvalue weighted by Gasteiger charge is 2.25. The number of halogens is 2. The van der Waals surface area contributed by atoms with E-state index in [0.717, 1.165) is 0 Å². The van der Waals surface area contributed by atoms with E-state index in [2.05, 4.69) is 0 Å². The fourth-order valence-corrected chi connectivity index (χ4v) is 3.56. The summed E-state index contributed by atoms with van der Waals surface area (Å²) in [7, 11) is 0. The quantitative estimate of drug-likeness (QED) is 0.457. The summed E-state index contributed by atoms with van der Waals surface area (Å²) in [6.07, 6.45) is 3.87. The van der Waals surface area contributed by atoms with Gasteiger partial charge in [-0.15, -0.1) is 0 Å². The average Bonchev–Trinajstić information content (AvgIpc) is 3.27. The molecule has 1 fully saturated rings. The highest BCUT2D eigenvalue weighted by molar-refractivity contribution is 6.01. The molecule has 2 atom stereocenters. The van der Waals surface area contributed by atoms with Gasteiger partial charge in [0.2, 0.25) is 0 Å². The molecule has 1 N–H and O–H groups in total. The number of carbonyl (C=O) groups excluding carboxylic acids is 1. The average molecular weight is 422 g/mol. The molecule has 1 aliphatic rings. The first-order valence-electron chi connectivity index (χ1n) is 9.85. The molecule has 1 aliphatic heterocycles. The van der Waals surface area contributed by atoms with Crippen LogP contribution in [0, 0.1) is 11.6 Å². The lowest BCUT2D eigenvalue weighted by Crippen LogP contribution is -2.31. The number of cyclic esters (lactones) is 1. The second-order valence-electron chi connectivity index (χ2n) is 7.26. The van der Waals surface area contributed by atoms with Gasteiger partial charge in [0.1, 0.15) is 23.5 Å². The van der Waals surface area contributed by atoms with Crippen molar-refractivity contribution in [3.05, 3.63) is 108 Å². The van der Waals surface area contributed by atoms with Gasteiger partial charge in [-0.25, -0.2) is 8.78 Å². The number of aliphatic hydroxyl groups excluding tert-OH is 1. The maximum atomic E-state index is 13.6. The Hall–Kier alpha value is -3.51. The van der Waals surface area contributed by atoms with Crippen LogP contribution in [0.15, 0.2) is 83.5 Å². The summed E-state index contributed by atoms with van der Waals surface area (Å²) in [5.41, 5.74) is 2.72. The number of rotatable bonds is 5. The number of hydrogen-bond donors (Lipinski definition) is 1. The predicted molar refractivity (Wildman–Crippen MR) is 112 cm³/mol. The summed E-state index contributed by atoms with van der Waals surface area (Å²) in [6, 6.07) is 15.4. The molecular formula is C25H20F2O4. The number of ether oxygens (including phenoxy) is 1. The van der Waals surface area contributed by atoms with Crippen LogP contribution in [0.25, 0.3) is 11.1 Å². The Labute approximate surface area is 178 Å². The molecule has 0 amide bonds. The molecule has 0 radical (unpaired) electrons. The Morgan fingerprint density at radius 1 is 0.968 bits per heavy atom. The standard InChI is InChI=1S/C25H20F2O4/c26-18-7-3-16(4-8-18)25(17-5-9-19(27)10-6-17)22(23-2-1-13-30-23)12-11-21-14-20(28)15-24(29)31-21/h1-13,20-21,28H,14-15H2/b12-11+. The largest absolute Gasteiger partial charge is 0.464 e. The molecule has 6 heteroatoms. The van der Waals surface area contributed by atoms with Crippen molar-refractivity contribution in [2.24, 2.45) is 0 Å². The van der Waals surface area contributed by atoms with Gasteiger partial charge >= 0.3 is 5.97 Å². The van der Waals surface area contributed by atoms with Crippen molar-refractivity contribution in [2.75, 3.05) is 0 Å². The van der Waals surface area contributed by atoms with Crippen molar-refractivity contribution in [1.29, 1.82) is 0 Å². The fraction of sp³-hybridized carbons (Fsp3) is 0.160. The van der Waals surface area contributed by atoms with Gasteiger partial charge in [0.05, 0.1) is 18.8 Å². The summed E-state index contributed by atoms with van der Waals surface area (Å²) < 4.78 is 38.1. The summed E-state index contributed by atoms with van der Waals surface area (Å²) in [6.45, 7) is 0. The lowest BCUT2D eigenvalue weighted by molar-refractivity contribution is -0.156. The zero-order valence-corrected chi connectivity index (χ0v) is 16.5. The number of carbonyl (C=O) groups is 1. The summed E-state index contributed by atoms with van der Waals surface area (Å²) in [5.74, 6) is -0.683. The van der Waals surface area contributed by atoms with Crippen LogP contribution in [0.4, 0.5) is 8.78 Å². The van der Waals surface area contributed by atoms with Gasteiger partial charge in [-0.3, -0.25) is 4.79 Å². The van der Waals surface area contributed by atoms with Crippen LogP contribution >= 0.6 is 0 Å². The number of hydrogen-bond acceptors (Lipinski definition) is 4. The van der Waals surface area contributed by atoms with E-state index in [9.17, 15) is 18.7 Å². The first-order chi connectivity index (χ1) is 15.0. The van der Waals surface area contributed by atoms with E-state index in [1.807, 2.05) is 0 Å². The van der Waals surface area contributed by atoms with Gasteiger partial charge in [-0.1, -0.05) is 30.3 Å². The molecule has 0 spiro atoms. The Morgan fingerprint density at radius 2 is 1.58 bits per heavy atom. The van der Waals surface area contributed by atoms with Crippen LogP contribution in [0.1, 0.15) is 29.7 Å². The van der Waals surface area contributed by atoms with E-state index in [4.69, 9.17) is 9.15 Å². The number of esters is 1. The molecule has 158 valence electrons. The lowest BCUT2D eigenvalue weighted by Gasteiger charge is -2.23. The van der Waals surface area contributed by atoms with Crippen LogP contribution in [0.2, 0.25) is 0 Å². The van der Waals surface area contributed by atoms with Gasteiger partial charge < -0.3 is 14.3 Å². The molecule has 31 heavy (non-hydrogen) atoms. The van der Waals surface area contributed by atoms with Gasteiger partial charge in [0, 0.05) is 12.0 Å². The van der Waals surface area contributed by atoms with Crippen molar-refractivity contribution in [3.8, 4) is 0 Å². The number of aliphatic hydroxyl groups is 1. The first kappa shape index (κ1) is 20.8. The third kappa shape index (κ3) is 4.98. The van der Waals surface area contributed by atoms with E-state index in [1.54, 1.807) is 48.6 Å². The molecule has 4 nitrogen and oxygen atoms in total. The molecule has 0 bridgehead atoms. The van der Waals surface area contributed by atoms with Gasteiger partial charge in [0.25, 0.3) is 0 Å². The monoisotopic (exact) mass is 422 g/mol. The van der Waals surface area contributed by atoms with Crippen molar-refractivity contribution < 1.29 is 27.8 Å². The van der Waals surface area contributed by atoms with Crippen LogP contribution in [-0.2, 0) is 9.53 Å². The van der Waals surface area contributed by atoms with Crippen molar-refractivity contribution in [1.82, 2.24) is 0 Å². The predicted octanol–water partition coefficient (Wildman–Crippen LogP) is 5.14. The third-order valence-corrected chi connectivity index (χ3v) is 4.99. The summed E-state index contributed by atoms with van der Waals surface area (Å²) >= 11 is 0. The van der Waals surface area contributed by atoms with E-state index >= 15 is 0 Å². The Bertz CT molecular complexity index is 1050. The second kappa shape index (κ2) is 9.10. The summed E-state index contributed by atoms with van der Waals surface area (Å²) in [4.78, 5) is 11.7. The Kier molecular flexibility index (Phi) is 6.09. The maximum absolute atomic E-state index is 13.6. The topological polar surface area (TPSA) is 59.7 Å². The van der Waals surface area contributed by atoms with E-state index in [1.165, 1.54) is 30.5 Å². The SMILES string of the molecule is O=C1CC(O)CC(/C=C/C(=C(c2ccc(F)cc2)c2ccc(F)cc2)c2ccco2)O1. The minimum atomic E-state index is -0.763. The zero-order valence-electron chi connectivity index (χ0n) is 16.5. The molecule has 4 rings (SSSR count). The maximum Gasteiger partial charge on any atom is 0.309 e. The number of allylic oxidation sites excluding steroid dienone is 2. The fourth-order valence-electron chi connectivity index (χ4n) is 3.56. The molecule has 1 aromatic heterocycles. The molecular weight excluding hydrogens is 402 g/mol. The molecule has 2 heterocycles. The van der Waals surface area contributed by atoms with Crippen molar-refractivity contribution in [3.63, 3.8) is 0 Å². The Morgan fingerprint density at radius 3 is 2.10 bits per heavy atom. The molecule has 0 aliphatic carbocycles. The van der Waals surface area contributed by atoms with E-state index in [0.29, 0.717) is 28.0 Å². The summed E-state index contributed by atoms with van der Waals surface area (Å²) in [5, 5.41) is 9.88. The second-order valence-corrected chi connectivity index (χ2v) is 7.26. The van der Waals surface area contributed by atoms with E-state index < -0.39 is 18.2 Å². The molecule has 2 unspecified atom stereocenters. The Balaban J connectivity index is 1.86. The molecule has 2 aromatic carbocycles. The highest BCUT2D eigenvalue weighted by atomic mass is 19.1. The van der Waals surface area contributed by atoms with Gasteiger partial charge in [-0.2, -0.15) is 0 Å². The molecule has 0 saturated carbocycles. The van der Waals surface area contributed by atoms with Crippen LogP contribution in [0.5, 0.6) is 0 Å². The molecule has 1 saturated heterocycles. The highest BCUT2D eigenvalue weighted by Crippen LogP contribution is 2.34. The van der Waals surface area contributed by atoms with Crippen LogP contribution < -0.4 is 0 Å². The lowest BCUT2D eigenvalue weighted by atomic mass is 9.91. The van der Waals surface area contributed by atoms with Gasteiger partial charge in [-0.05, 0) is 59.2 Å². The first-order valence-corrected chi connectivity index (χ1v) is 9.85. The van der Waals surface area contributed by atoms with Crippen LogP contribution in [-0.4, -0.2) is 23.3 Å². The van der Waals surface area contributed by atoms with Crippen LogP contribution in [0.3, 0.4) is 0 Å². The smallest absolute Gasteiger partial charge is 0.309 e. The zero-order chi connectivity index (χ0) is 21.8. The van der Waals surface area contributed by atoms with Crippen molar-refractivity contribution in [2.45, 2.75) is 25.0 Å². The minimum Gasteiger partial charge on any atom is -0.464 e. The molecule has 3 aromatic rings. The van der Waals surface area contributed by atoms with E-state index in [-0.39, 0.29) is 24.5 Å².